The van der Waals surface area contributed by atoms with Crippen LogP contribution in [0.2, 0.25) is 0 Å². The first kappa shape index (κ1) is 34.8. The highest BCUT2D eigenvalue weighted by atomic mass is 127. The zero-order valence-electron chi connectivity index (χ0n) is 25.6. The van der Waals surface area contributed by atoms with E-state index in [1.54, 1.807) is 32.2 Å². The molecule has 3 aromatic rings. The number of nitrogens with one attached hydrogen (secondary N) is 3. The number of benzene rings is 3. The van der Waals surface area contributed by atoms with Gasteiger partial charge in [-0.05, 0) is 84.0 Å². The highest BCUT2D eigenvalue weighted by Crippen LogP contribution is 2.35. The Labute approximate surface area is 288 Å². The molecule has 12 nitrogen and oxygen atoms in total. The van der Waals surface area contributed by atoms with Gasteiger partial charge in [0, 0.05) is 19.3 Å². The number of aliphatic hydroxyl groups excluding tert-OH is 1. The van der Waals surface area contributed by atoms with Gasteiger partial charge in [-0.25, -0.2) is 9.59 Å². The standard InChI is InChI=1S/C32H34BrIN4O8/c1-5-44-25-13-20(29-28(31(40)43-4)18(2)36-32(41)37-29)8-11-24(25)45-17-27(39)38-35-15-21-12-23(34)14-26(42-3)30(21)46-16-19-6-9-22(33)10-7-19/h6-15,27,29,38-39H,5,16-17H2,1-4H3,(H2,36,37,41)/b35-15+/t27-,29-/m0/s1. The predicted molar refractivity (Wildman–Crippen MR) is 183 cm³/mol. The molecular weight excluding hydrogens is 775 g/mol. The van der Waals surface area contributed by atoms with Crippen molar-refractivity contribution in [1.29, 1.82) is 0 Å². The molecule has 0 saturated carbocycles. The lowest BCUT2D eigenvalue weighted by molar-refractivity contribution is -0.136. The Morgan fingerprint density at radius 3 is 2.54 bits per heavy atom. The number of hydrogen-bond donors (Lipinski definition) is 4. The van der Waals surface area contributed by atoms with Gasteiger partial charge < -0.3 is 39.4 Å². The minimum Gasteiger partial charge on any atom is -0.493 e. The summed E-state index contributed by atoms with van der Waals surface area (Å²) in [6.07, 6.45) is 0.356. The molecule has 2 amide bonds. The number of hydrazone groups is 1. The Morgan fingerprint density at radius 2 is 1.85 bits per heavy atom. The molecule has 0 aliphatic carbocycles. The van der Waals surface area contributed by atoms with E-state index in [2.05, 4.69) is 59.7 Å². The van der Waals surface area contributed by atoms with E-state index in [4.69, 9.17) is 23.7 Å². The molecular formula is C32H34BrIN4O8. The Kier molecular flexibility index (Phi) is 12.5. The van der Waals surface area contributed by atoms with Crippen molar-refractivity contribution in [3.8, 4) is 23.0 Å². The predicted octanol–water partition coefficient (Wildman–Crippen LogP) is 5.16. The van der Waals surface area contributed by atoms with E-state index >= 15 is 0 Å². The third kappa shape index (κ3) is 9.04. The van der Waals surface area contributed by atoms with Crippen molar-refractivity contribution in [2.75, 3.05) is 27.4 Å². The van der Waals surface area contributed by atoms with Gasteiger partial charge in [0.15, 0.2) is 29.2 Å². The summed E-state index contributed by atoms with van der Waals surface area (Å²) in [7, 11) is 2.84. The summed E-state index contributed by atoms with van der Waals surface area (Å²) < 4.78 is 30.1. The van der Waals surface area contributed by atoms with Gasteiger partial charge in [-0.2, -0.15) is 5.10 Å². The van der Waals surface area contributed by atoms with E-state index in [1.807, 2.05) is 43.3 Å². The van der Waals surface area contributed by atoms with Crippen LogP contribution in [-0.2, 0) is 16.1 Å². The lowest BCUT2D eigenvalue weighted by Crippen LogP contribution is -2.45. The third-order valence-corrected chi connectivity index (χ3v) is 7.82. The lowest BCUT2D eigenvalue weighted by atomic mass is 9.95. The summed E-state index contributed by atoms with van der Waals surface area (Å²) in [6, 6.07) is 15.3. The number of ether oxygens (including phenoxy) is 5. The molecule has 1 aliphatic rings. The summed E-state index contributed by atoms with van der Waals surface area (Å²) in [4.78, 5) is 24.7. The molecule has 0 spiro atoms. The SMILES string of the molecule is CCOc1cc([C@@H]2NC(=O)NC(C)=C2C(=O)OC)ccc1OC[C@H](O)N/N=C/c1cc(I)cc(OC)c1OCc1ccc(Br)cc1. The van der Waals surface area contributed by atoms with Crippen molar-refractivity contribution >= 4 is 56.7 Å². The number of carbonyl (C=O) groups excluding carboxylic acids is 2. The average Bonchev–Trinajstić information content (AvgIpc) is 3.03. The number of aliphatic hydroxyl groups is 1. The van der Waals surface area contributed by atoms with E-state index in [9.17, 15) is 14.7 Å². The van der Waals surface area contributed by atoms with Crippen molar-refractivity contribution in [2.24, 2.45) is 5.10 Å². The number of nitrogens with zero attached hydrogens (tertiary/aromatic N) is 1. The number of urea groups is 1. The van der Waals surface area contributed by atoms with Gasteiger partial charge in [0.05, 0.1) is 38.7 Å². The normalized spacial score (nSPS) is 15.1. The molecule has 0 fully saturated rings. The van der Waals surface area contributed by atoms with Gasteiger partial charge in [0.25, 0.3) is 0 Å². The summed E-state index contributed by atoms with van der Waals surface area (Å²) in [5.41, 5.74) is 5.53. The Morgan fingerprint density at radius 1 is 1.09 bits per heavy atom. The quantitative estimate of drug-likeness (QED) is 0.0570. The molecule has 4 N–H and O–H groups in total. The number of hydrogen-bond acceptors (Lipinski definition) is 10. The molecule has 0 bridgehead atoms. The first-order valence-corrected chi connectivity index (χ1v) is 16.0. The first-order valence-electron chi connectivity index (χ1n) is 14.1. The van der Waals surface area contributed by atoms with Crippen LogP contribution in [0.3, 0.4) is 0 Å². The maximum atomic E-state index is 12.5. The van der Waals surface area contributed by atoms with Crippen LogP contribution >= 0.6 is 38.5 Å². The molecule has 4 rings (SSSR count). The molecule has 2 atom stereocenters. The smallest absolute Gasteiger partial charge is 0.337 e. The zero-order valence-corrected chi connectivity index (χ0v) is 29.3. The van der Waals surface area contributed by atoms with E-state index < -0.39 is 24.3 Å². The third-order valence-electron chi connectivity index (χ3n) is 6.66. The number of rotatable bonds is 14. The van der Waals surface area contributed by atoms with Gasteiger partial charge in [-0.3, -0.25) is 5.43 Å². The molecule has 0 radical (unpaired) electrons. The van der Waals surface area contributed by atoms with Crippen molar-refractivity contribution in [3.05, 3.63) is 90.6 Å². The minimum atomic E-state index is -1.18. The van der Waals surface area contributed by atoms with Crippen LogP contribution in [0.4, 0.5) is 4.79 Å². The van der Waals surface area contributed by atoms with Crippen LogP contribution in [-0.4, -0.2) is 57.0 Å². The number of methoxy groups -OCH3 is 2. The second-order valence-electron chi connectivity index (χ2n) is 9.86. The van der Waals surface area contributed by atoms with Gasteiger partial charge in [0.2, 0.25) is 0 Å². The van der Waals surface area contributed by atoms with Crippen LogP contribution in [0.5, 0.6) is 23.0 Å². The fraction of sp³-hybridized carbons (Fsp3) is 0.281. The maximum Gasteiger partial charge on any atom is 0.337 e. The minimum absolute atomic E-state index is 0.171. The Hall–Kier alpha value is -4.02. The molecule has 1 aliphatic heterocycles. The largest absolute Gasteiger partial charge is 0.493 e. The van der Waals surface area contributed by atoms with Crippen molar-refractivity contribution < 1.29 is 38.4 Å². The fourth-order valence-electron chi connectivity index (χ4n) is 4.54. The van der Waals surface area contributed by atoms with E-state index in [1.165, 1.54) is 13.3 Å². The van der Waals surface area contributed by atoms with Crippen molar-refractivity contribution in [3.63, 3.8) is 0 Å². The number of allylic oxidation sites excluding steroid dienone is 1. The van der Waals surface area contributed by atoms with Crippen LogP contribution in [0, 0.1) is 3.57 Å². The molecule has 0 unspecified atom stereocenters. The van der Waals surface area contributed by atoms with Crippen LogP contribution in [0.15, 0.2) is 75.4 Å². The number of amides is 2. The zero-order chi connectivity index (χ0) is 33.2. The van der Waals surface area contributed by atoms with Crippen LogP contribution < -0.4 is 35.0 Å². The van der Waals surface area contributed by atoms with Gasteiger partial charge in [0.1, 0.15) is 13.2 Å². The lowest BCUT2D eigenvalue weighted by Gasteiger charge is -2.28. The van der Waals surface area contributed by atoms with E-state index in [0.717, 1.165) is 13.6 Å². The van der Waals surface area contributed by atoms with Crippen LogP contribution in [0.1, 0.15) is 36.6 Å². The number of carbonyl (C=O) groups is 2. The van der Waals surface area contributed by atoms with Gasteiger partial charge in [-0.15, -0.1) is 0 Å². The summed E-state index contributed by atoms with van der Waals surface area (Å²) in [5, 5.41) is 20.1. The number of esters is 1. The molecule has 244 valence electrons. The van der Waals surface area contributed by atoms with Gasteiger partial charge in [-0.1, -0.05) is 34.1 Å². The van der Waals surface area contributed by atoms with Crippen molar-refractivity contribution in [1.82, 2.24) is 16.1 Å². The maximum absolute atomic E-state index is 12.5. The molecule has 0 saturated heterocycles. The summed E-state index contributed by atoms with van der Waals surface area (Å²) >= 11 is 5.62. The van der Waals surface area contributed by atoms with Crippen molar-refractivity contribution in [2.45, 2.75) is 32.7 Å². The monoisotopic (exact) mass is 808 g/mol. The first-order chi connectivity index (χ1) is 22.1. The molecule has 46 heavy (non-hydrogen) atoms. The fourth-order valence-corrected chi connectivity index (χ4v) is 5.42. The molecule has 3 aromatic carbocycles. The Bertz CT molecular complexity index is 1620. The van der Waals surface area contributed by atoms with Gasteiger partial charge >= 0.3 is 12.0 Å². The van der Waals surface area contributed by atoms with E-state index in [0.29, 0.717) is 53.0 Å². The second-order valence-corrected chi connectivity index (χ2v) is 12.0. The second kappa shape index (κ2) is 16.5. The summed E-state index contributed by atoms with van der Waals surface area (Å²) in [6.45, 7) is 3.92. The van der Waals surface area contributed by atoms with E-state index in [-0.39, 0.29) is 12.2 Å². The van der Waals surface area contributed by atoms with Crippen LogP contribution in [0.25, 0.3) is 0 Å². The highest BCUT2D eigenvalue weighted by molar-refractivity contribution is 14.1. The number of halogens is 2. The molecule has 14 heteroatoms. The average molecular weight is 809 g/mol. The molecule has 1 heterocycles. The molecule has 0 aromatic heterocycles. The highest BCUT2D eigenvalue weighted by Gasteiger charge is 2.32. The summed E-state index contributed by atoms with van der Waals surface area (Å²) in [5.74, 6) is 1.20. The topological polar surface area (TPSA) is 149 Å². The Balaban J connectivity index is 1.44.